The van der Waals surface area contributed by atoms with Gasteiger partial charge in [0.2, 0.25) is 0 Å². The third kappa shape index (κ3) is 3.26. The molecule has 0 bridgehead atoms. The highest BCUT2D eigenvalue weighted by molar-refractivity contribution is 6.34. The maximum absolute atomic E-state index is 12.1. The Kier molecular flexibility index (Phi) is 4.04. The average Bonchev–Trinajstić information content (AvgIpc) is 2.41. The van der Waals surface area contributed by atoms with Crippen LogP contribution < -0.4 is 11.1 Å². The zero-order valence-electron chi connectivity index (χ0n) is 11.0. The average molecular weight is 307 g/mol. The zero-order valence-corrected chi connectivity index (χ0v) is 11.7. The van der Waals surface area contributed by atoms with Gasteiger partial charge in [0, 0.05) is 29.2 Å². The third-order valence-electron chi connectivity index (χ3n) is 2.72. The Hall–Kier alpha value is -2.67. The summed E-state index contributed by atoms with van der Waals surface area (Å²) in [5.74, 6) is -0.523. The SMILES string of the molecule is Cc1cc(NC(=O)c2cc(Cl)c(N)c([N+](=O)[O-])c2)ccn1. The van der Waals surface area contributed by atoms with Crippen LogP contribution in [0.15, 0.2) is 30.5 Å². The lowest BCUT2D eigenvalue weighted by Crippen LogP contribution is -2.13. The highest BCUT2D eigenvalue weighted by Gasteiger charge is 2.19. The van der Waals surface area contributed by atoms with E-state index in [0.29, 0.717) is 5.69 Å². The van der Waals surface area contributed by atoms with Crippen molar-refractivity contribution in [3.63, 3.8) is 0 Å². The minimum absolute atomic E-state index is 0.0414. The summed E-state index contributed by atoms with van der Waals surface area (Å²) in [5, 5.41) is 13.4. The second-order valence-electron chi connectivity index (χ2n) is 4.29. The van der Waals surface area contributed by atoms with Crippen molar-refractivity contribution in [2.75, 3.05) is 11.1 Å². The molecule has 0 aliphatic rings. The molecule has 0 spiro atoms. The van der Waals surface area contributed by atoms with Gasteiger partial charge in [-0.25, -0.2) is 0 Å². The van der Waals surface area contributed by atoms with Gasteiger partial charge in [-0.15, -0.1) is 0 Å². The summed E-state index contributed by atoms with van der Waals surface area (Å²) in [7, 11) is 0. The molecular weight excluding hydrogens is 296 g/mol. The first-order chi connectivity index (χ1) is 9.88. The number of nitrogen functional groups attached to an aromatic ring is 1. The van der Waals surface area contributed by atoms with E-state index >= 15 is 0 Å². The van der Waals surface area contributed by atoms with Crippen LogP contribution in [0.4, 0.5) is 17.1 Å². The van der Waals surface area contributed by atoms with Crippen LogP contribution in [-0.4, -0.2) is 15.8 Å². The minimum atomic E-state index is -0.686. The number of carbonyl (C=O) groups excluding carboxylic acids is 1. The van der Waals surface area contributed by atoms with Gasteiger partial charge in [-0.1, -0.05) is 11.6 Å². The normalized spacial score (nSPS) is 10.2. The highest BCUT2D eigenvalue weighted by Crippen LogP contribution is 2.31. The number of halogens is 1. The molecule has 0 radical (unpaired) electrons. The maximum atomic E-state index is 12.1. The third-order valence-corrected chi connectivity index (χ3v) is 3.03. The molecule has 1 aromatic heterocycles. The quantitative estimate of drug-likeness (QED) is 0.514. The summed E-state index contributed by atoms with van der Waals surface area (Å²) in [5.41, 5.74) is 6.25. The van der Waals surface area contributed by atoms with Crippen LogP contribution in [0, 0.1) is 17.0 Å². The number of hydrogen-bond acceptors (Lipinski definition) is 5. The number of pyridine rings is 1. The Bertz CT molecular complexity index is 733. The number of amides is 1. The van der Waals surface area contributed by atoms with Gasteiger partial charge in [0.1, 0.15) is 5.69 Å². The van der Waals surface area contributed by atoms with Crippen LogP contribution in [0.25, 0.3) is 0 Å². The monoisotopic (exact) mass is 306 g/mol. The summed E-state index contributed by atoms with van der Waals surface area (Å²) in [6.07, 6.45) is 1.54. The van der Waals surface area contributed by atoms with E-state index < -0.39 is 16.5 Å². The number of aromatic nitrogens is 1. The van der Waals surface area contributed by atoms with Crippen LogP contribution in [0.5, 0.6) is 0 Å². The Morgan fingerprint density at radius 1 is 1.43 bits per heavy atom. The van der Waals surface area contributed by atoms with Crippen molar-refractivity contribution in [3.8, 4) is 0 Å². The lowest BCUT2D eigenvalue weighted by molar-refractivity contribution is -0.383. The number of nitro benzene ring substituents is 1. The van der Waals surface area contributed by atoms with Gasteiger partial charge in [0.05, 0.1) is 9.95 Å². The summed E-state index contributed by atoms with van der Waals surface area (Å²) < 4.78 is 0. The molecule has 0 aliphatic heterocycles. The second kappa shape index (κ2) is 5.76. The molecular formula is C13H11ClN4O3. The van der Waals surface area contributed by atoms with Crippen molar-refractivity contribution in [2.45, 2.75) is 6.92 Å². The van der Waals surface area contributed by atoms with E-state index in [2.05, 4.69) is 10.3 Å². The Morgan fingerprint density at radius 2 is 2.14 bits per heavy atom. The highest BCUT2D eigenvalue weighted by atomic mass is 35.5. The van der Waals surface area contributed by atoms with Gasteiger partial charge < -0.3 is 11.1 Å². The standard InChI is InChI=1S/C13H11ClN4O3/c1-7-4-9(2-3-16-7)17-13(19)8-5-10(14)12(15)11(6-8)18(20)21/h2-6H,15H2,1H3,(H,16,17,19). The molecule has 0 unspecified atom stereocenters. The molecule has 1 aromatic carbocycles. The second-order valence-corrected chi connectivity index (χ2v) is 4.70. The molecule has 1 heterocycles. The van der Waals surface area contributed by atoms with Crippen molar-refractivity contribution in [1.82, 2.24) is 4.98 Å². The zero-order chi connectivity index (χ0) is 15.6. The van der Waals surface area contributed by atoms with Crippen LogP contribution in [0.1, 0.15) is 16.1 Å². The van der Waals surface area contributed by atoms with E-state index in [9.17, 15) is 14.9 Å². The Morgan fingerprint density at radius 3 is 2.76 bits per heavy atom. The summed E-state index contributed by atoms with van der Waals surface area (Å²) in [6.45, 7) is 1.78. The number of aryl methyl sites for hydroxylation is 1. The Balaban J connectivity index is 2.33. The van der Waals surface area contributed by atoms with Crippen molar-refractivity contribution in [3.05, 3.63) is 56.9 Å². The summed E-state index contributed by atoms with van der Waals surface area (Å²) >= 11 is 5.82. The fraction of sp³-hybridized carbons (Fsp3) is 0.0769. The molecule has 0 saturated carbocycles. The fourth-order valence-electron chi connectivity index (χ4n) is 1.71. The number of nitrogens with two attached hydrogens (primary N) is 1. The van der Waals surface area contributed by atoms with E-state index in [1.165, 1.54) is 6.07 Å². The van der Waals surface area contributed by atoms with Crippen LogP contribution in [0.3, 0.4) is 0 Å². The number of nitro groups is 1. The lowest BCUT2D eigenvalue weighted by Gasteiger charge is -2.07. The predicted octanol–water partition coefficient (Wildman–Crippen LogP) is 2.79. The smallest absolute Gasteiger partial charge is 0.294 e. The summed E-state index contributed by atoms with van der Waals surface area (Å²) in [6, 6.07) is 5.65. The molecule has 7 nitrogen and oxygen atoms in total. The molecule has 0 atom stereocenters. The van der Waals surface area contributed by atoms with Gasteiger partial charge in [-0.05, 0) is 25.1 Å². The van der Waals surface area contributed by atoms with Gasteiger partial charge in [-0.3, -0.25) is 19.9 Å². The number of nitrogens with zero attached hydrogens (tertiary/aromatic N) is 2. The summed E-state index contributed by atoms with van der Waals surface area (Å²) in [4.78, 5) is 26.3. The van der Waals surface area contributed by atoms with E-state index in [1.807, 2.05) is 0 Å². The first kappa shape index (κ1) is 14.7. The topological polar surface area (TPSA) is 111 Å². The molecule has 21 heavy (non-hydrogen) atoms. The number of rotatable bonds is 3. The van der Waals surface area contributed by atoms with Crippen molar-refractivity contribution < 1.29 is 9.72 Å². The van der Waals surface area contributed by atoms with Crippen molar-refractivity contribution >= 4 is 34.6 Å². The molecule has 1 amide bonds. The van der Waals surface area contributed by atoms with Crippen LogP contribution in [-0.2, 0) is 0 Å². The number of anilines is 2. The molecule has 2 rings (SSSR count). The van der Waals surface area contributed by atoms with E-state index in [1.54, 1.807) is 25.3 Å². The molecule has 0 aliphatic carbocycles. The van der Waals surface area contributed by atoms with Crippen molar-refractivity contribution in [2.24, 2.45) is 0 Å². The predicted molar refractivity (Wildman–Crippen MR) is 79.4 cm³/mol. The number of carbonyl (C=O) groups is 1. The maximum Gasteiger partial charge on any atom is 0.294 e. The molecule has 108 valence electrons. The lowest BCUT2D eigenvalue weighted by atomic mass is 10.1. The van der Waals surface area contributed by atoms with Crippen LogP contribution >= 0.6 is 11.6 Å². The van der Waals surface area contributed by atoms with E-state index in [4.69, 9.17) is 17.3 Å². The molecule has 0 fully saturated rings. The molecule has 0 saturated heterocycles. The van der Waals surface area contributed by atoms with Gasteiger partial charge in [-0.2, -0.15) is 0 Å². The molecule has 8 heteroatoms. The molecule has 2 aromatic rings. The minimum Gasteiger partial charge on any atom is -0.392 e. The van der Waals surface area contributed by atoms with Gasteiger partial charge >= 0.3 is 0 Å². The van der Waals surface area contributed by atoms with Gasteiger partial charge in [0.15, 0.2) is 0 Å². The van der Waals surface area contributed by atoms with Gasteiger partial charge in [0.25, 0.3) is 11.6 Å². The van der Waals surface area contributed by atoms with E-state index in [-0.39, 0.29) is 16.3 Å². The fourth-order valence-corrected chi connectivity index (χ4v) is 1.93. The molecule has 3 N–H and O–H groups in total. The largest absolute Gasteiger partial charge is 0.392 e. The number of nitrogens with one attached hydrogen (secondary N) is 1. The van der Waals surface area contributed by atoms with Crippen molar-refractivity contribution in [1.29, 1.82) is 0 Å². The first-order valence-corrected chi connectivity index (χ1v) is 6.23. The number of benzene rings is 1. The first-order valence-electron chi connectivity index (χ1n) is 5.86. The number of hydrogen-bond donors (Lipinski definition) is 2. The Labute approximate surface area is 124 Å². The van der Waals surface area contributed by atoms with E-state index in [0.717, 1.165) is 11.8 Å². The van der Waals surface area contributed by atoms with Crippen LogP contribution in [0.2, 0.25) is 5.02 Å².